The van der Waals surface area contributed by atoms with Crippen LogP contribution in [0.25, 0.3) is 0 Å². The summed E-state index contributed by atoms with van der Waals surface area (Å²) in [6.07, 6.45) is 0. The molecule has 1 aliphatic heterocycles. The summed E-state index contributed by atoms with van der Waals surface area (Å²) >= 11 is 5.95. The van der Waals surface area contributed by atoms with Crippen molar-refractivity contribution >= 4 is 17.5 Å². The number of hydrogen-bond donors (Lipinski definition) is 1. The molecule has 1 aliphatic rings. The van der Waals surface area contributed by atoms with Crippen LogP contribution in [0, 0.1) is 6.92 Å². The first-order valence-corrected chi connectivity index (χ1v) is 6.24. The van der Waals surface area contributed by atoms with Gasteiger partial charge in [0.15, 0.2) is 0 Å². The molecule has 2 rings (SSSR count). The third-order valence-electron chi connectivity index (χ3n) is 3.09. The van der Waals surface area contributed by atoms with Gasteiger partial charge in [0.2, 0.25) is 0 Å². The predicted molar refractivity (Wildman–Crippen MR) is 69.6 cm³/mol. The van der Waals surface area contributed by atoms with E-state index >= 15 is 0 Å². The van der Waals surface area contributed by atoms with Crippen molar-refractivity contribution in [3.63, 3.8) is 0 Å². The summed E-state index contributed by atoms with van der Waals surface area (Å²) in [7, 11) is 0. The van der Waals surface area contributed by atoms with Gasteiger partial charge >= 0.3 is 0 Å². The molecule has 0 bridgehead atoms. The molecular formula is C13H17ClN2O. The average Bonchev–Trinajstić information content (AvgIpc) is 2.31. The second kappa shape index (κ2) is 5.07. The first kappa shape index (κ1) is 12.4. The summed E-state index contributed by atoms with van der Waals surface area (Å²) in [6, 6.07) is 5.81. The number of nitrogens with one attached hydrogen (secondary N) is 1. The largest absolute Gasteiger partial charge is 0.336 e. The molecule has 0 spiro atoms. The van der Waals surface area contributed by atoms with Crippen LogP contribution in [-0.2, 0) is 0 Å². The van der Waals surface area contributed by atoms with E-state index in [1.165, 1.54) is 0 Å². The van der Waals surface area contributed by atoms with Crippen molar-refractivity contribution in [3.8, 4) is 0 Å². The van der Waals surface area contributed by atoms with Crippen molar-refractivity contribution in [2.45, 2.75) is 19.9 Å². The molecule has 17 heavy (non-hydrogen) atoms. The van der Waals surface area contributed by atoms with Gasteiger partial charge in [0.25, 0.3) is 5.91 Å². The van der Waals surface area contributed by atoms with E-state index in [2.05, 4.69) is 12.2 Å². The summed E-state index contributed by atoms with van der Waals surface area (Å²) in [5.74, 6) is 0.0818. The van der Waals surface area contributed by atoms with Crippen LogP contribution in [0.4, 0.5) is 0 Å². The number of piperazine rings is 1. The Morgan fingerprint density at radius 3 is 3.00 bits per heavy atom. The number of carbonyl (C=O) groups is 1. The van der Waals surface area contributed by atoms with Crippen LogP contribution in [0.2, 0.25) is 5.02 Å². The standard InChI is InChI=1S/C13H17ClN2O/c1-9-3-4-11(14)7-12(9)13(17)16-6-5-15-10(2)8-16/h3-4,7,10,15H,5-6,8H2,1-2H3. The lowest BCUT2D eigenvalue weighted by molar-refractivity contribution is 0.0708. The van der Waals surface area contributed by atoms with Crippen LogP contribution < -0.4 is 5.32 Å². The van der Waals surface area contributed by atoms with Gasteiger partial charge < -0.3 is 10.2 Å². The molecule has 4 heteroatoms. The van der Waals surface area contributed by atoms with Crippen LogP contribution >= 0.6 is 11.6 Å². The van der Waals surface area contributed by atoms with Crippen LogP contribution in [0.3, 0.4) is 0 Å². The van der Waals surface area contributed by atoms with Crippen molar-refractivity contribution in [2.75, 3.05) is 19.6 Å². The van der Waals surface area contributed by atoms with Gasteiger partial charge in [0, 0.05) is 36.3 Å². The molecular weight excluding hydrogens is 236 g/mol. The van der Waals surface area contributed by atoms with Crippen LogP contribution in [-0.4, -0.2) is 36.5 Å². The monoisotopic (exact) mass is 252 g/mol. The summed E-state index contributed by atoms with van der Waals surface area (Å²) in [4.78, 5) is 14.2. The lowest BCUT2D eigenvalue weighted by atomic mass is 10.1. The minimum Gasteiger partial charge on any atom is -0.336 e. The number of nitrogens with zero attached hydrogens (tertiary/aromatic N) is 1. The fourth-order valence-corrected chi connectivity index (χ4v) is 2.28. The van der Waals surface area contributed by atoms with E-state index < -0.39 is 0 Å². The Hall–Kier alpha value is -1.06. The second-order valence-corrected chi connectivity index (χ2v) is 5.00. The molecule has 0 saturated carbocycles. The SMILES string of the molecule is Cc1ccc(Cl)cc1C(=O)N1CCNC(C)C1. The third kappa shape index (κ3) is 2.79. The Morgan fingerprint density at radius 1 is 1.53 bits per heavy atom. The molecule has 1 amide bonds. The highest BCUT2D eigenvalue weighted by Crippen LogP contribution is 2.18. The van der Waals surface area contributed by atoms with Crippen molar-refractivity contribution in [3.05, 3.63) is 34.3 Å². The van der Waals surface area contributed by atoms with Crippen molar-refractivity contribution in [1.82, 2.24) is 10.2 Å². The first-order valence-electron chi connectivity index (χ1n) is 5.87. The van der Waals surface area contributed by atoms with Gasteiger partial charge in [0.1, 0.15) is 0 Å². The zero-order valence-electron chi connectivity index (χ0n) is 10.2. The number of hydrogen-bond acceptors (Lipinski definition) is 2. The Kier molecular flexibility index (Phi) is 3.69. The van der Waals surface area contributed by atoms with Crippen molar-refractivity contribution in [1.29, 1.82) is 0 Å². The second-order valence-electron chi connectivity index (χ2n) is 4.57. The fourth-order valence-electron chi connectivity index (χ4n) is 2.11. The normalized spacial score (nSPS) is 20.4. The Morgan fingerprint density at radius 2 is 2.29 bits per heavy atom. The molecule has 1 unspecified atom stereocenters. The van der Waals surface area contributed by atoms with Gasteiger partial charge in [-0.3, -0.25) is 4.79 Å². The zero-order valence-corrected chi connectivity index (χ0v) is 10.9. The predicted octanol–water partition coefficient (Wildman–Crippen LogP) is 2.08. The fraction of sp³-hybridized carbons (Fsp3) is 0.462. The quantitative estimate of drug-likeness (QED) is 0.830. The van der Waals surface area contributed by atoms with Crippen molar-refractivity contribution < 1.29 is 4.79 Å². The van der Waals surface area contributed by atoms with E-state index in [9.17, 15) is 4.79 Å². The van der Waals surface area contributed by atoms with Gasteiger partial charge in [-0.2, -0.15) is 0 Å². The topological polar surface area (TPSA) is 32.3 Å². The molecule has 1 atom stereocenters. The highest BCUT2D eigenvalue weighted by molar-refractivity contribution is 6.31. The Bertz CT molecular complexity index is 433. The van der Waals surface area contributed by atoms with Gasteiger partial charge in [-0.25, -0.2) is 0 Å². The van der Waals surface area contributed by atoms with Crippen LogP contribution in [0.15, 0.2) is 18.2 Å². The highest BCUT2D eigenvalue weighted by Gasteiger charge is 2.22. The molecule has 3 nitrogen and oxygen atoms in total. The van der Waals surface area contributed by atoms with E-state index in [-0.39, 0.29) is 5.91 Å². The smallest absolute Gasteiger partial charge is 0.254 e. The number of benzene rings is 1. The van der Waals surface area contributed by atoms with Crippen molar-refractivity contribution in [2.24, 2.45) is 0 Å². The number of aryl methyl sites for hydroxylation is 1. The number of halogens is 1. The maximum atomic E-state index is 12.4. The van der Waals surface area contributed by atoms with E-state index in [1.54, 1.807) is 6.07 Å². The average molecular weight is 253 g/mol. The molecule has 1 saturated heterocycles. The molecule has 0 aromatic heterocycles. The van der Waals surface area contributed by atoms with Crippen LogP contribution in [0.5, 0.6) is 0 Å². The van der Waals surface area contributed by atoms with Gasteiger partial charge in [-0.15, -0.1) is 0 Å². The van der Waals surface area contributed by atoms with E-state index in [0.29, 0.717) is 16.6 Å². The molecule has 0 aliphatic carbocycles. The number of amides is 1. The lowest BCUT2D eigenvalue weighted by Crippen LogP contribution is -2.51. The molecule has 1 heterocycles. The van der Waals surface area contributed by atoms with E-state index in [1.807, 2.05) is 24.0 Å². The van der Waals surface area contributed by atoms with E-state index in [4.69, 9.17) is 11.6 Å². The Labute approximate surface area is 107 Å². The molecule has 1 aromatic rings. The summed E-state index contributed by atoms with van der Waals surface area (Å²) in [5, 5.41) is 3.94. The minimum absolute atomic E-state index is 0.0818. The van der Waals surface area contributed by atoms with Crippen LogP contribution in [0.1, 0.15) is 22.8 Å². The number of rotatable bonds is 1. The number of carbonyl (C=O) groups excluding carboxylic acids is 1. The third-order valence-corrected chi connectivity index (χ3v) is 3.32. The molecule has 0 radical (unpaired) electrons. The highest BCUT2D eigenvalue weighted by atomic mass is 35.5. The first-order chi connectivity index (χ1) is 8.08. The van der Waals surface area contributed by atoms with Gasteiger partial charge in [0.05, 0.1) is 0 Å². The molecule has 1 aromatic carbocycles. The van der Waals surface area contributed by atoms with Gasteiger partial charge in [-0.05, 0) is 31.5 Å². The maximum Gasteiger partial charge on any atom is 0.254 e. The van der Waals surface area contributed by atoms with E-state index in [0.717, 1.165) is 25.2 Å². The molecule has 1 N–H and O–H groups in total. The molecule has 92 valence electrons. The summed E-state index contributed by atoms with van der Waals surface area (Å²) < 4.78 is 0. The zero-order chi connectivity index (χ0) is 12.4. The lowest BCUT2D eigenvalue weighted by Gasteiger charge is -2.32. The van der Waals surface area contributed by atoms with Gasteiger partial charge in [-0.1, -0.05) is 17.7 Å². The summed E-state index contributed by atoms with van der Waals surface area (Å²) in [6.45, 7) is 6.39. The summed E-state index contributed by atoms with van der Waals surface area (Å²) in [5.41, 5.74) is 1.69. The molecule has 1 fully saturated rings. The Balaban J connectivity index is 2.21. The minimum atomic E-state index is 0.0818. The maximum absolute atomic E-state index is 12.4.